The van der Waals surface area contributed by atoms with E-state index in [1.807, 2.05) is 0 Å². The first-order valence-electron chi connectivity index (χ1n) is 2.52. The Balaban J connectivity index is 3.34. The van der Waals surface area contributed by atoms with Gasteiger partial charge in [-0.15, -0.1) is 0 Å². The molecule has 0 atom stereocenters. The van der Waals surface area contributed by atoms with Gasteiger partial charge in [0.1, 0.15) is 11.8 Å². The molecule has 4 nitrogen and oxygen atoms in total. The molecule has 0 amide bonds. The number of nitriles is 1. The molecule has 0 fully saturated rings. The zero-order valence-electron chi connectivity index (χ0n) is 4.94. The Morgan fingerprint density at radius 3 is 2.60 bits per heavy atom. The van der Waals surface area contributed by atoms with Crippen molar-refractivity contribution in [1.29, 1.82) is 5.26 Å². The van der Waals surface area contributed by atoms with Crippen LogP contribution in [0.2, 0.25) is 0 Å². The summed E-state index contributed by atoms with van der Waals surface area (Å²) in [6.45, 7) is 0. The minimum atomic E-state index is -0.442. The maximum atomic E-state index is 8.87. The van der Waals surface area contributed by atoms with Gasteiger partial charge in [0.25, 0.3) is 0 Å². The van der Waals surface area contributed by atoms with Crippen LogP contribution in [-0.4, -0.2) is 15.2 Å². The lowest BCUT2D eigenvalue weighted by molar-refractivity contribution is 0.432. The van der Waals surface area contributed by atoms with Crippen molar-refractivity contribution in [3.05, 3.63) is 17.8 Å². The molecule has 1 aromatic rings. The number of nitrogens with zero attached hydrogens (tertiary/aromatic N) is 2. The molecule has 1 heterocycles. The third kappa shape index (κ3) is 0.845. The third-order valence-corrected chi connectivity index (χ3v) is 1.02. The van der Waals surface area contributed by atoms with Crippen LogP contribution < -0.4 is 0 Å². The number of aromatic nitrogens is 1. The van der Waals surface area contributed by atoms with E-state index < -0.39 is 5.88 Å². The van der Waals surface area contributed by atoms with Crippen molar-refractivity contribution in [1.82, 2.24) is 4.98 Å². The largest absolute Gasteiger partial charge is 0.506 e. The van der Waals surface area contributed by atoms with Gasteiger partial charge < -0.3 is 10.2 Å². The zero-order valence-corrected chi connectivity index (χ0v) is 4.94. The smallest absolute Gasteiger partial charge is 0.233 e. The van der Waals surface area contributed by atoms with Crippen LogP contribution in [0.5, 0.6) is 11.6 Å². The fraction of sp³-hybridized carbons (Fsp3) is 0. The Morgan fingerprint density at radius 1 is 1.50 bits per heavy atom. The molecular formula is C6H4N2O2. The van der Waals surface area contributed by atoms with E-state index in [0.717, 1.165) is 0 Å². The summed E-state index contributed by atoms with van der Waals surface area (Å²) in [6, 6.07) is 2.84. The van der Waals surface area contributed by atoms with Gasteiger partial charge in [-0.05, 0) is 6.07 Å². The summed E-state index contributed by atoms with van der Waals surface area (Å²) in [5, 5.41) is 26.0. The highest BCUT2D eigenvalue weighted by molar-refractivity contribution is 5.47. The number of hydrogen-bond donors (Lipinski definition) is 2. The SMILES string of the molecule is N#Cc1c(O)ccnc1O. The van der Waals surface area contributed by atoms with Crippen molar-refractivity contribution >= 4 is 0 Å². The number of hydrogen-bond acceptors (Lipinski definition) is 4. The van der Waals surface area contributed by atoms with E-state index in [1.165, 1.54) is 12.3 Å². The Kier molecular flexibility index (Phi) is 1.42. The second kappa shape index (κ2) is 2.23. The first-order chi connectivity index (χ1) is 4.75. The fourth-order valence-corrected chi connectivity index (χ4v) is 0.548. The first-order valence-corrected chi connectivity index (χ1v) is 2.52. The zero-order chi connectivity index (χ0) is 7.56. The Bertz CT molecular complexity index is 270. The molecule has 4 heteroatoms. The van der Waals surface area contributed by atoms with Crippen molar-refractivity contribution in [2.24, 2.45) is 0 Å². The van der Waals surface area contributed by atoms with Crippen LogP contribution in [0.3, 0.4) is 0 Å². The highest BCUT2D eigenvalue weighted by Crippen LogP contribution is 2.21. The molecule has 1 aromatic heterocycles. The second-order valence-electron chi connectivity index (χ2n) is 1.64. The number of pyridine rings is 1. The second-order valence-corrected chi connectivity index (χ2v) is 1.64. The average molecular weight is 136 g/mol. The molecule has 0 aliphatic rings. The highest BCUT2D eigenvalue weighted by atomic mass is 16.3. The van der Waals surface area contributed by atoms with Gasteiger partial charge in [0.2, 0.25) is 5.88 Å². The van der Waals surface area contributed by atoms with Crippen molar-refractivity contribution in [2.75, 3.05) is 0 Å². The summed E-state index contributed by atoms with van der Waals surface area (Å²) in [5.41, 5.74) is -0.192. The lowest BCUT2D eigenvalue weighted by Gasteiger charge is -1.94. The minimum absolute atomic E-state index is 0.192. The van der Waals surface area contributed by atoms with Crippen molar-refractivity contribution in [3.8, 4) is 17.7 Å². The Morgan fingerprint density at radius 2 is 2.20 bits per heavy atom. The molecule has 0 saturated heterocycles. The van der Waals surface area contributed by atoms with Gasteiger partial charge in [-0.3, -0.25) is 0 Å². The minimum Gasteiger partial charge on any atom is -0.506 e. The van der Waals surface area contributed by atoms with E-state index in [0.29, 0.717) is 0 Å². The van der Waals surface area contributed by atoms with Gasteiger partial charge in [0.15, 0.2) is 5.56 Å². The molecule has 1 rings (SSSR count). The molecule has 0 aliphatic carbocycles. The molecule has 2 N–H and O–H groups in total. The topological polar surface area (TPSA) is 77.1 Å². The lowest BCUT2D eigenvalue weighted by Crippen LogP contribution is -1.80. The molecule has 0 unspecified atom stereocenters. The van der Waals surface area contributed by atoms with Crippen LogP contribution in [0, 0.1) is 11.3 Å². The van der Waals surface area contributed by atoms with E-state index in [4.69, 9.17) is 15.5 Å². The van der Waals surface area contributed by atoms with Crippen LogP contribution >= 0.6 is 0 Å². The summed E-state index contributed by atoms with van der Waals surface area (Å²) in [4.78, 5) is 3.38. The summed E-state index contributed by atoms with van der Waals surface area (Å²) in [6.07, 6.45) is 1.21. The van der Waals surface area contributed by atoms with Crippen LogP contribution in [0.25, 0.3) is 0 Å². The predicted octanol–water partition coefficient (Wildman–Crippen LogP) is 0.364. The van der Waals surface area contributed by atoms with E-state index in [1.54, 1.807) is 6.07 Å². The fourth-order valence-electron chi connectivity index (χ4n) is 0.548. The average Bonchev–Trinajstić information content (AvgIpc) is 1.88. The van der Waals surface area contributed by atoms with Crippen LogP contribution in [0.15, 0.2) is 12.3 Å². The molecule has 0 aliphatic heterocycles. The van der Waals surface area contributed by atoms with E-state index >= 15 is 0 Å². The summed E-state index contributed by atoms with van der Waals surface area (Å²) < 4.78 is 0. The van der Waals surface area contributed by atoms with Crippen LogP contribution in [-0.2, 0) is 0 Å². The highest BCUT2D eigenvalue weighted by Gasteiger charge is 2.04. The monoisotopic (exact) mass is 136 g/mol. The predicted molar refractivity (Wildman–Crippen MR) is 32.3 cm³/mol. The Labute approximate surface area is 57.0 Å². The van der Waals surface area contributed by atoms with Crippen LogP contribution in [0.4, 0.5) is 0 Å². The van der Waals surface area contributed by atoms with E-state index in [-0.39, 0.29) is 11.3 Å². The number of rotatable bonds is 0. The van der Waals surface area contributed by atoms with Gasteiger partial charge >= 0.3 is 0 Å². The molecule has 0 aromatic carbocycles. The third-order valence-electron chi connectivity index (χ3n) is 1.02. The first kappa shape index (κ1) is 6.36. The quantitative estimate of drug-likeness (QED) is 0.540. The van der Waals surface area contributed by atoms with Crippen molar-refractivity contribution in [2.45, 2.75) is 0 Å². The van der Waals surface area contributed by atoms with Crippen molar-refractivity contribution in [3.63, 3.8) is 0 Å². The molecule has 0 spiro atoms. The standard InChI is InChI=1S/C6H4N2O2/c7-3-4-5(9)1-2-8-6(4)10/h1-2H,(H2,8,9,10). The van der Waals surface area contributed by atoms with Gasteiger partial charge in [-0.1, -0.05) is 0 Å². The normalized spacial score (nSPS) is 8.70. The molecule has 0 bridgehead atoms. The molecule has 0 saturated carbocycles. The summed E-state index contributed by atoms with van der Waals surface area (Å²) in [7, 11) is 0. The van der Waals surface area contributed by atoms with Gasteiger partial charge in [0.05, 0.1) is 0 Å². The van der Waals surface area contributed by atoms with Gasteiger partial charge in [-0.2, -0.15) is 5.26 Å². The van der Waals surface area contributed by atoms with Gasteiger partial charge in [-0.25, -0.2) is 4.98 Å². The van der Waals surface area contributed by atoms with E-state index in [9.17, 15) is 0 Å². The van der Waals surface area contributed by atoms with Crippen molar-refractivity contribution < 1.29 is 10.2 Å². The summed E-state index contributed by atoms with van der Waals surface area (Å²) in [5.74, 6) is -0.697. The number of aromatic hydroxyl groups is 2. The summed E-state index contributed by atoms with van der Waals surface area (Å²) >= 11 is 0. The molecule has 50 valence electrons. The molecule has 0 radical (unpaired) electrons. The maximum absolute atomic E-state index is 8.87. The Hall–Kier alpha value is -1.76. The lowest BCUT2D eigenvalue weighted by atomic mass is 10.3. The van der Waals surface area contributed by atoms with Gasteiger partial charge in [0, 0.05) is 6.20 Å². The van der Waals surface area contributed by atoms with Crippen LogP contribution in [0.1, 0.15) is 5.56 Å². The molecular weight excluding hydrogens is 132 g/mol. The molecule has 10 heavy (non-hydrogen) atoms. The maximum Gasteiger partial charge on any atom is 0.233 e. The van der Waals surface area contributed by atoms with E-state index in [2.05, 4.69) is 4.98 Å².